The Bertz CT molecular complexity index is 1260. The van der Waals surface area contributed by atoms with Gasteiger partial charge in [0.2, 0.25) is 5.91 Å². The van der Waals surface area contributed by atoms with Crippen LogP contribution in [-0.4, -0.2) is 15.9 Å². The smallest absolute Gasteiger partial charge is 0.238 e. The second-order valence-corrected chi connectivity index (χ2v) is 8.73. The van der Waals surface area contributed by atoms with E-state index in [9.17, 15) is 4.79 Å². The lowest BCUT2D eigenvalue weighted by Gasteiger charge is -2.17. The molecular formula is C24H17N3OS2. The Labute approximate surface area is 181 Å². The summed E-state index contributed by atoms with van der Waals surface area (Å²) in [5.74, 6) is -0.487. The molecule has 0 bridgehead atoms. The Balaban J connectivity index is 1.42. The number of rotatable bonds is 5. The third kappa shape index (κ3) is 3.75. The van der Waals surface area contributed by atoms with Crippen molar-refractivity contribution in [2.24, 2.45) is 0 Å². The predicted octanol–water partition coefficient (Wildman–Crippen LogP) is 6.19. The molecule has 5 rings (SSSR count). The summed E-state index contributed by atoms with van der Waals surface area (Å²) in [6, 6.07) is 25.8. The van der Waals surface area contributed by atoms with E-state index in [0.717, 1.165) is 31.8 Å². The minimum atomic E-state index is -0.395. The third-order valence-corrected chi connectivity index (χ3v) is 6.63. The Morgan fingerprint density at radius 1 is 0.867 bits per heavy atom. The number of fused-ring (bicyclic) bond motifs is 1. The van der Waals surface area contributed by atoms with Crippen LogP contribution >= 0.6 is 22.7 Å². The number of carbonyl (C=O) groups is 1. The summed E-state index contributed by atoms with van der Waals surface area (Å²) in [5.41, 5.74) is 5.82. The van der Waals surface area contributed by atoms with E-state index >= 15 is 0 Å². The molecule has 0 aliphatic carbocycles. The van der Waals surface area contributed by atoms with Gasteiger partial charge in [0.1, 0.15) is 0 Å². The van der Waals surface area contributed by atoms with Crippen LogP contribution in [-0.2, 0) is 4.79 Å². The SMILES string of the molecule is O=C(Nc1ncc(-c2ccc3ncsc3c2)s1)C(c1ccccc1)c1ccccc1. The summed E-state index contributed by atoms with van der Waals surface area (Å²) in [6.07, 6.45) is 1.81. The highest BCUT2D eigenvalue weighted by Gasteiger charge is 2.23. The molecule has 6 heteroatoms. The average Bonchev–Trinajstić information content (AvgIpc) is 3.44. The van der Waals surface area contributed by atoms with Crippen LogP contribution in [0.5, 0.6) is 0 Å². The lowest BCUT2D eigenvalue weighted by Crippen LogP contribution is -2.22. The summed E-state index contributed by atoms with van der Waals surface area (Å²) in [4.78, 5) is 23.0. The average molecular weight is 428 g/mol. The van der Waals surface area contributed by atoms with E-state index in [2.05, 4.69) is 21.4 Å². The van der Waals surface area contributed by atoms with E-state index < -0.39 is 5.92 Å². The third-order valence-electron chi connectivity index (χ3n) is 4.88. The maximum absolute atomic E-state index is 13.2. The van der Waals surface area contributed by atoms with E-state index in [1.54, 1.807) is 11.3 Å². The molecule has 30 heavy (non-hydrogen) atoms. The van der Waals surface area contributed by atoms with Gasteiger partial charge < -0.3 is 5.32 Å². The van der Waals surface area contributed by atoms with Gasteiger partial charge in [-0.05, 0) is 28.8 Å². The molecule has 3 aromatic carbocycles. The monoisotopic (exact) mass is 427 g/mol. The Hall–Kier alpha value is -3.35. The van der Waals surface area contributed by atoms with Crippen LogP contribution < -0.4 is 5.32 Å². The molecule has 2 heterocycles. The molecule has 1 amide bonds. The van der Waals surface area contributed by atoms with Crippen molar-refractivity contribution in [2.75, 3.05) is 5.32 Å². The number of aromatic nitrogens is 2. The van der Waals surface area contributed by atoms with Gasteiger partial charge >= 0.3 is 0 Å². The number of hydrogen-bond acceptors (Lipinski definition) is 5. The van der Waals surface area contributed by atoms with Crippen LogP contribution in [0, 0.1) is 0 Å². The zero-order chi connectivity index (χ0) is 20.3. The molecular weight excluding hydrogens is 410 g/mol. The molecule has 1 N–H and O–H groups in total. The van der Waals surface area contributed by atoms with Gasteiger partial charge in [-0.3, -0.25) is 4.79 Å². The second-order valence-electron chi connectivity index (χ2n) is 6.81. The standard InChI is InChI=1S/C24H17N3OS2/c28-23(22(16-7-3-1-4-8-16)17-9-5-2-6-10-17)27-24-25-14-21(30-24)18-11-12-19-20(13-18)29-15-26-19/h1-15,22H,(H,25,27,28). The number of amides is 1. The van der Waals surface area contributed by atoms with Crippen LogP contribution in [0.15, 0.2) is 90.6 Å². The topological polar surface area (TPSA) is 54.9 Å². The summed E-state index contributed by atoms with van der Waals surface area (Å²) < 4.78 is 1.14. The van der Waals surface area contributed by atoms with Crippen molar-refractivity contribution in [2.45, 2.75) is 5.92 Å². The van der Waals surface area contributed by atoms with E-state index in [0.29, 0.717) is 5.13 Å². The Kier molecular flexibility index (Phi) is 5.09. The lowest BCUT2D eigenvalue weighted by atomic mass is 9.90. The lowest BCUT2D eigenvalue weighted by molar-refractivity contribution is -0.116. The normalized spacial score (nSPS) is 11.1. The largest absolute Gasteiger partial charge is 0.301 e. The van der Waals surface area contributed by atoms with Crippen LogP contribution in [0.2, 0.25) is 0 Å². The molecule has 0 aliphatic rings. The fourth-order valence-electron chi connectivity index (χ4n) is 3.44. The first-order valence-corrected chi connectivity index (χ1v) is 11.2. The first-order valence-electron chi connectivity index (χ1n) is 9.48. The van der Waals surface area contributed by atoms with E-state index in [1.165, 1.54) is 11.3 Å². The molecule has 0 spiro atoms. The predicted molar refractivity (Wildman–Crippen MR) is 124 cm³/mol. The van der Waals surface area contributed by atoms with Crippen LogP contribution in [0.25, 0.3) is 20.7 Å². The minimum Gasteiger partial charge on any atom is -0.301 e. The zero-order valence-corrected chi connectivity index (χ0v) is 17.5. The summed E-state index contributed by atoms with van der Waals surface area (Å²) in [7, 11) is 0. The summed E-state index contributed by atoms with van der Waals surface area (Å²) in [6.45, 7) is 0. The van der Waals surface area contributed by atoms with Crippen molar-refractivity contribution < 1.29 is 4.79 Å². The molecule has 0 radical (unpaired) electrons. The van der Waals surface area contributed by atoms with Gasteiger partial charge in [0.05, 0.1) is 26.5 Å². The Morgan fingerprint density at radius 3 is 2.27 bits per heavy atom. The van der Waals surface area contributed by atoms with Crippen LogP contribution in [0.1, 0.15) is 17.0 Å². The van der Waals surface area contributed by atoms with E-state index in [-0.39, 0.29) is 5.91 Å². The second kappa shape index (κ2) is 8.18. The fraction of sp³-hybridized carbons (Fsp3) is 0.0417. The van der Waals surface area contributed by atoms with E-state index in [1.807, 2.05) is 84.5 Å². The molecule has 146 valence electrons. The van der Waals surface area contributed by atoms with Crippen molar-refractivity contribution in [3.05, 3.63) is 102 Å². The van der Waals surface area contributed by atoms with E-state index in [4.69, 9.17) is 0 Å². The first kappa shape index (κ1) is 18.7. The van der Waals surface area contributed by atoms with Crippen molar-refractivity contribution in [1.82, 2.24) is 9.97 Å². The quantitative estimate of drug-likeness (QED) is 0.364. The van der Waals surface area contributed by atoms with Gasteiger partial charge in [0, 0.05) is 6.20 Å². The van der Waals surface area contributed by atoms with Gasteiger partial charge in [-0.15, -0.1) is 11.3 Å². The van der Waals surface area contributed by atoms with Crippen molar-refractivity contribution in [3.8, 4) is 10.4 Å². The molecule has 0 aliphatic heterocycles. The van der Waals surface area contributed by atoms with Crippen molar-refractivity contribution in [1.29, 1.82) is 0 Å². The molecule has 0 saturated heterocycles. The number of thiazole rings is 2. The summed E-state index contributed by atoms with van der Waals surface area (Å²) in [5, 5.41) is 3.61. The first-order chi connectivity index (χ1) is 14.8. The number of hydrogen-bond donors (Lipinski definition) is 1. The van der Waals surface area contributed by atoms with Crippen molar-refractivity contribution >= 4 is 43.9 Å². The maximum Gasteiger partial charge on any atom is 0.238 e. The highest BCUT2D eigenvalue weighted by Crippen LogP contribution is 2.33. The van der Waals surface area contributed by atoms with Gasteiger partial charge in [-0.2, -0.15) is 0 Å². The number of carbonyl (C=O) groups excluding carboxylic acids is 1. The minimum absolute atomic E-state index is 0.0915. The molecule has 4 nitrogen and oxygen atoms in total. The number of nitrogens with zero attached hydrogens (tertiary/aromatic N) is 2. The molecule has 0 unspecified atom stereocenters. The maximum atomic E-state index is 13.2. The van der Waals surface area contributed by atoms with Crippen LogP contribution in [0.4, 0.5) is 5.13 Å². The number of anilines is 1. The molecule has 5 aromatic rings. The number of nitrogens with one attached hydrogen (secondary N) is 1. The molecule has 2 aromatic heterocycles. The zero-order valence-electron chi connectivity index (χ0n) is 15.9. The van der Waals surface area contributed by atoms with Crippen LogP contribution in [0.3, 0.4) is 0 Å². The van der Waals surface area contributed by atoms with Gasteiger partial charge in [-0.1, -0.05) is 78.1 Å². The Morgan fingerprint density at radius 2 is 1.57 bits per heavy atom. The molecule has 0 atom stereocenters. The van der Waals surface area contributed by atoms with Gasteiger partial charge in [0.25, 0.3) is 0 Å². The molecule has 0 fully saturated rings. The van der Waals surface area contributed by atoms with Crippen molar-refractivity contribution in [3.63, 3.8) is 0 Å². The molecule has 0 saturated carbocycles. The van der Waals surface area contributed by atoms with Gasteiger partial charge in [0.15, 0.2) is 5.13 Å². The number of benzene rings is 3. The summed E-state index contributed by atoms with van der Waals surface area (Å²) >= 11 is 3.09. The highest BCUT2D eigenvalue weighted by atomic mass is 32.1. The highest BCUT2D eigenvalue weighted by molar-refractivity contribution is 7.19. The fourth-order valence-corrected chi connectivity index (χ4v) is 4.97. The van der Waals surface area contributed by atoms with Gasteiger partial charge in [-0.25, -0.2) is 9.97 Å².